The Morgan fingerprint density at radius 2 is 2.05 bits per heavy atom. The molecule has 0 aromatic carbocycles. The predicted octanol–water partition coefficient (Wildman–Crippen LogP) is -0.0120. The van der Waals surface area contributed by atoms with Crippen LogP contribution in [0.3, 0.4) is 0 Å². The van der Waals surface area contributed by atoms with Gasteiger partial charge < -0.3 is 21.5 Å². The maximum Gasteiger partial charge on any atom is 0.326 e. The Bertz CT molecular complexity index is 473. The molecule has 1 heterocycles. The predicted molar refractivity (Wildman–Crippen MR) is 79.8 cm³/mol. The van der Waals surface area contributed by atoms with E-state index in [0.29, 0.717) is 18.8 Å². The van der Waals surface area contributed by atoms with E-state index in [4.69, 9.17) is 5.73 Å². The number of nitrogens with one attached hydrogen (secondary N) is 2. The molecule has 2 amide bonds. The first-order valence-corrected chi connectivity index (χ1v) is 7.79. The van der Waals surface area contributed by atoms with E-state index < -0.39 is 29.9 Å². The largest absolute Gasteiger partial charge is 0.480 e. The van der Waals surface area contributed by atoms with Crippen molar-refractivity contribution in [3.05, 3.63) is 0 Å². The summed E-state index contributed by atoms with van der Waals surface area (Å²) < 4.78 is 0. The second-order valence-electron chi connectivity index (χ2n) is 7.19. The van der Waals surface area contributed by atoms with Crippen molar-refractivity contribution in [2.45, 2.75) is 63.6 Å². The Morgan fingerprint density at radius 3 is 2.50 bits per heavy atom. The summed E-state index contributed by atoms with van der Waals surface area (Å²) in [7, 11) is 0. The molecule has 3 atom stereocenters. The van der Waals surface area contributed by atoms with Crippen molar-refractivity contribution in [1.82, 2.24) is 10.6 Å². The summed E-state index contributed by atoms with van der Waals surface area (Å²) >= 11 is 0. The molecule has 0 aromatic heterocycles. The monoisotopic (exact) mass is 311 g/mol. The fourth-order valence-electron chi connectivity index (χ4n) is 2.99. The molecule has 1 aliphatic heterocycles. The lowest BCUT2D eigenvalue weighted by Gasteiger charge is -2.20. The van der Waals surface area contributed by atoms with E-state index in [2.05, 4.69) is 10.6 Å². The van der Waals surface area contributed by atoms with E-state index in [1.165, 1.54) is 0 Å². The van der Waals surface area contributed by atoms with Gasteiger partial charge in [-0.2, -0.15) is 0 Å². The third-order valence-corrected chi connectivity index (χ3v) is 4.34. The highest BCUT2D eigenvalue weighted by atomic mass is 16.4. The van der Waals surface area contributed by atoms with Crippen molar-refractivity contribution in [2.24, 2.45) is 17.6 Å². The molecule has 124 valence electrons. The highest BCUT2D eigenvalue weighted by Gasteiger charge is 2.40. The van der Waals surface area contributed by atoms with E-state index >= 15 is 0 Å². The lowest BCUT2D eigenvalue weighted by molar-refractivity contribution is -0.142. The van der Waals surface area contributed by atoms with Gasteiger partial charge in [0.1, 0.15) is 6.04 Å². The van der Waals surface area contributed by atoms with Gasteiger partial charge in [-0.05, 0) is 39.0 Å². The number of carboxylic acid groups (broad SMARTS) is 1. The molecule has 2 rings (SSSR count). The summed E-state index contributed by atoms with van der Waals surface area (Å²) in [6, 6.07) is -1.76. The molecule has 5 N–H and O–H groups in total. The average molecular weight is 311 g/mol. The van der Waals surface area contributed by atoms with Crippen LogP contribution in [0.5, 0.6) is 0 Å². The number of hydrogen-bond acceptors (Lipinski definition) is 4. The SMILES string of the molecule is CC1(C)CC(CC(NC(=O)C(N)CC2CC2)C(=O)O)C(=O)N1. The van der Waals surface area contributed by atoms with Crippen LogP contribution in [-0.4, -0.2) is 40.5 Å². The number of rotatable bonds is 7. The van der Waals surface area contributed by atoms with Crippen LogP contribution in [0.4, 0.5) is 0 Å². The van der Waals surface area contributed by atoms with Gasteiger partial charge in [0.2, 0.25) is 11.8 Å². The minimum Gasteiger partial charge on any atom is -0.480 e. The number of hydrogen-bond donors (Lipinski definition) is 4. The molecule has 1 saturated heterocycles. The number of carboxylic acids is 1. The van der Waals surface area contributed by atoms with Crippen molar-refractivity contribution in [1.29, 1.82) is 0 Å². The molecule has 0 bridgehead atoms. The van der Waals surface area contributed by atoms with E-state index in [1.54, 1.807) is 0 Å². The second kappa shape index (κ2) is 6.24. The van der Waals surface area contributed by atoms with Crippen molar-refractivity contribution in [3.8, 4) is 0 Å². The Kier molecular flexibility index (Phi) is 4.75. The smallest absolute Gasteiger partial charge is 0.326 e. The zero-order valence-corrected chi connectivity index (χ0v) is 13.1. The molecule has 0 spiro atoms. The van der Waals surface area contributed by atoms with E-state index in [-0.39, 0.29) is 17.9 Å². The Balaban J connectivity index is 1.90. The minimum absolute atomic E-state index is 0.0898. The molecule has 3 unspecified atom stereocenters. The lowest BCUT2D eigenvalue weighted by Crippen LogP contribution is -2.49. The highest BCUT2D eigenvalue weighted by Crippen LogP contribution is 2.33. The maximum atomic E-state index is 12.0. The van der Waals surface area contributed by atoms with Gasteiger partial charge in [-0.3, -0.25) is 9.59 Å². The number of aliphatic carboxylic acids is 1. The summed E-state index contributed by atoms with van der Waals surface area (Å²) in [6.45, 7) is 3.79. The van der Waals surface area contributed by atoms with Crippen LogP contribution < -0.4 is 16.4 Å². The van der Waals surface area contributed by atoms with Gasteiger partial charge in [0.15, 0.2) is 0 Å². The molecule has 2 fully saturated rings. The van der Waals surface area contributed by atoms with Gasteiger partial charge in [-0.25, -0.2) is 4.79 Å². The third kappa shape index (κ3) is 4.43. The molecule has 0 aromatic rings. The summed E-state index contributed by atoms with van der Waals surface area (Å²) in [5, 5.41) is 14.6. The topological polar surface area (TPSA) is 122 Å². The standard InChI is InChI=1S/C15H25N3O4/c1-15(2)7-9(12(19)18-15)6-11(14(21)22)17-13(20)10(16)5-8-3-4-8/h8-11H,3-7,16H2,1-2H3,(H,17,20)(H,18,19)(H,21,22). The number of carbonyl (C=O) groups excluding carboxylic acids is 2. The number of nitrogens with two attached hydrogens (primary N) is 1. The van der Waals surface area contributed by atoms with E-state index in [9.17, 15) is 19.5 Å². The summed E-state index contributed by atoms with van der Waals surface area (Å²) in [5.74, 6) is -1.66. The lowest BCUT2D eigenvalue weighted by atomic mass is 9.91. The molecule has 7 heteroatoms. The van der Waals surface area contributed by atoms with Gasteiger partial charge in [0, 0.05) is 11.5 Å². The van der Waals surface area contributed by atoms with Crippen LogP contribution in [0.15, 0.2) is 0 Å². The summed E-state index contributed by atoms with van der Waals surface area (Å²) in [4.78, 5) is 35.2. The first-order valence-electron chi connectivity index (χ1n) is 7.79. The molecule has 7 nitrogen and oxygen atoms in total. The van der Waals surface area contributed by atoms with E-state index in [0.717, 1.165) is 12.8 Å². The fraction of sp³-hybridized carbons (Fsp3) is 0.800. The third-order valence-electron chi connectivity index (χ3n) is 4.34. The van der Waals surface area contributed by atoms with Crippen molar-refractivity contribution in [3.63, 3.8) is 0 Å². The minimum atomic E-state index is -1.13. The molecule has 1 saturated carbocycles. The number of amides is 2. The van der Waals surface area contributed by atoms with Crippen molar-refractivity contribution >= 4 is 17.8 Å². The quantitative estimate of drug-likeness (QED) is 0.527. The van der Waals surface area contributed by atoms with Gasteiger partial charge in [0.25, 0.3) is 0 Å². The molecule has 2 aliphatic rings. The zero-order chi connectivity index (χ0) is 16.5. The molecule has 1 aliphatic carbocycles. The molecular weight excluding hydrogens is 286 g/mol. The first-order chi connectivity index (χ1) is 10.2. The summed E-state index contributed by atoms with van der Waals surface area (Å²) in [5.41, 5.74) is 5.46. The zero-order valence-electron chi connectivity index (χ0n) is 13.1. The van der Waals surface area contributed by atoms with Crippen LogP contribution >= 0.6 is 0 Å². The normalized spacial score (nSPS) is 26.1. The van der Waals surface area contributed by atoms with Gasteiger partial charge in [-0.1, -0.05) is 12.8 Å². The Hall–Kier alpha value is -1.63. The fourth-order valence-corrected chi connectivity index (χ4v) is 2.99. The first kappa shape index (κ1) is 16.7. The number of carbonyl (C=O) groups is 3. The molecule has 0 radical (unpaired) electrons. The average Bonchev–Trinajstić information content (AvgIpc) is 3.14. The summed E-state index contributed by atoms with van der Waals surface area (Å²) in [6.07, 6.45) is 3.41. The van der Waals surface area contributed by atoms with Crippen LogP contribution in [-0.2, 0) is 14.4 Å². The van der Waals surface area contributed by atoms with E-state index in [1.807, 2.05) is 13.8 Å². The van der Waals surface area contributed by atoms with Crippen LogP contribution in [0.2, 0.25) is 0 Å². The Morgan fingerprint density at radius 1 is 1.41 bits per heavy atom. The van der Waals surface area contributed by atoms with Gasteiger partial charge in [-0.15, -0.1) is 0 Å². The highest BCUT2D eigenvalue weighted by molar-refractivity contribution is 5.88. The van der Waals surface area contributed by atoms with Crippen LogP contribution in [0, 0.1) is 11.8 Å². The van der Waals surface area contributed by atoms with Crippen molar-refractivity contribution < 1.29 is 19.5 Å². The second-order valence-corrected chi connectivity index (χ2v) is 7.19. The van der Waals surface area contributed by atoms with Crippen molar-refractivity contribution in [2.75, 3.05) is 0 Å². The van der Waals surface area contributed by atoms with Gasteiger partial charge >= 0.3 is 5.97 Å². The van der Waals surface area contributed by atoms with Crippen LogP contribution in [0.1, 0.15) is 46.0 Å². The molecular formula is C15H25N3O4. The van der Waals surface area contributed by atoms with Crippen LogP contribution in [0.25, 0.3) is 0 Å². The maximum absolute atomic E-state index is 12.0. The molecule has 22 heavy (non-hydrogen) atoms. The Labute approximate surface area is 130 Å². The van der Waals surface area contributed by atoms with Gasteiger partial charge in [0.05, 0.1) is 6.04 Å².